The van der Waals surface area contributed by atoms with Crippen LogP contribution < -0.4 is 5.32 Å². The minimum atomic E-state index is -0.235. The molecular weight excluding hydrogens is 265 g/mol. The molecule has 1 aromatic carbocycles. The molecule has 4 heteroatoms. The summed E-state index contributed by atoms with van der Waals surface area (Å²) in [5.74, 6) is 0.407. The highest BCUT2D eigenvalue weighted by Crippen LogP contribution is 2.24. The maximum absolute atomic E-state index is 13.6. The SMILES string of the molecule is CCCc1nc(-c2cc(C)cc(F)c2)nc2c1CCNC2. The number of hydrogen-bond donors (Lipinski definition) is 1. The Bertz CT molecular complexity index is 647. The minimum Gasteiger partial charge on any atom is -0.311 e. The van der Waals surface area contributed by atoms with Gasteiger partial charge in [0.05, 0.1) is 5.69 Å². The van der Waals surface area contributed by atoms with Crippen LogP contribution in [0.2, 0.25) is 0 Å². The van der Waals surface area contributed by atoms with E-state index in [0.717, 1.165) is 54.9 Å². The second kappa shape index (κ2) is 5.90. The fourth-order valence-electron chi connectivity index (χ4n) is 2.88. The summed E-state index contributed by atoms with van der Waals surface area (Å²) >= 11 is 0. The van der Waals surface area contributed by atoms with Crippen LogP contribution in [-0.4, -0.2) is 16.5 Å². The van der Waals surface area contributed by atoms with Crippen molar-refractivity contribution in [3.8, 4) is 11.4 Å². The highest BCUT2D eigenvalue weighted by atomic mass is 19.1. The molecule has 0 saturated carbocycles. The second-order valence-electron chi connectivity index (χ2n) is 5.61. The fraction of sp³-hybridized carbons (Fsp3) is 0.412. The first kappa shape index (κ1) is 14.1. The van der Waals surface area contributed by atoms with Crippen molar-refractivity contribution >= 4 is 0 Å². The Kier molecular flexibility index (Phi) is 3.97. The highest BCUT2D eigenvalue weighted by Gasteiger charge is 2.18. The molecular formula is C17H20FN3. The van der Waals surface area contributed by atoms with E-state index in [0.29, 0.717) is 5.82 Å². The number of aryl methyl sites for hydroxylation is 2. The summed E-state index contributed by atoms with van der Waals surface area (Å²) in [6, 6.07) is 4.98. The quantitative estimate of drug-likeness (QED) is 0.941. The normalized spacial score (nSPS) is 14.0. The average molecular weight is 285 g/mol. The van der Waals surface area contributed by atoms with Crippen molar-refractivity contribution in [3.05, 3.63) is 46.5 Å². The topological polar surface area (TPSA) is 37.8 Å². The summed E-state index contributed by atoms with van der Waals surface area (Å²) in [6.07, 6.45) is 2.98. The van der Waals surface area contributed by atoms with Gasteiger partial charge in [0.2, 0.25) is 0 Å². The van der Waals surface area contributed by atoms with Crippen LogP contribution in [0.15, 0.2) is 18.2 Å². The third kappa shape index (κ3) is 2.95. The van der Waals surface area contributed by atoms with Crippen molar-refractivity contribution in [1.29, 1.82) is 0 Å². The van der Waals surface area contributed by atoms with E-state index < -0.39 is 0 Å². The predicted molar refractivity (Wildman–Crippen MR) is 81.6 cm³/mol. The Morgan fingerprint density at radius 1 is 1.24 bits per heavy atom. The number of aromatic nitrogens is 2. The van der Waals surface area contributed by atoms with Gasteiger partial charge in [0, 0.05) is 17.8 Å². The van der Waals surface area contributed by atoms with Crippen molar-refractivity contribution in [2.24, 2.45) is 0 Å². The highest BCUT2D eigenvalue weighted by molar-refractivity contribution is 5.57. The number of hydrogen-bond acceptors (Lipinski definition) is 3. The predicted octanol–water partition coefficient (Wildman–Crippen LogP) is 3.19. The lowest BCUT2D eigenvalue weighted by molar-refractivity contribution is 0.613. The van der Waals surface area contributed by atoms with Crippen LogP contribution in [0.25, 0.3) is 11.4 Å². The molecule has 0 fully saturated rings. The molecule has 0 aliphatic carbocycles. The van der Waals surface area contributed by atoms with E-state index in [4.69, 9.17) is 4.98 Å². The molecule has 1 aliphatic heterocycles. The van der Waals surface area contributed by atoms with Crippen molar-refractivity contribution in [2.45, 2.75) is 39.7 Å². The Hall–Kier alpha value is -1.81. The van der Waals surface area contributed by atoms with Crippen LogP contribution in [0.1, 0.15) is 35.9 Å². The largest absolute Gasteiger partial charge is 0.311 e. The molecule has 0 unspecified atom stereocenters. The molecule has 3 rings (SSSR count). The van der Waals surface area contributed by atoms with Crippen LogP contribution in [0.5, 0.6) is 0 Å². The van der Waals surface area contributed by atoms with Gasteiger partial charge in [-0.3, -0.25) is 0 Å². The first-order valence-corrected chi connectivity index (χ1v) is 7.54. The van der Waals surface area contributed by atoms with Crippen molar-refractivity contribution in [1.82, 2.24) is 15.3 Å². The van der Waals surface area contributed by atoms with Gasteiger partial charge in [-0.2, -0.15) is 0 Å². The Morgan fingerprint density at radius 2 is 2.10 bits per heavy atom. The van der Waals surface area contributed by atoms with Gasteiger partial charge < -0.3 is 5.32 Å². The molecule has 2 aromatic rings. The minimum absolute atomic E-state index is 0.235. The smallest absolute Gasteiger partial charge is 0.159 e. The Morgan fingerprint density at radius 3 is 2.86 bits per heavy atom. The van der Waals surface area contributed by atoms with E-state index in [1.165, 1.54) is 17.7 Å². The average Bonchev–Trinajstić information content (AvgIpc) is 2.46. The third-order valence-electron chi connectivity index (χ3n) is 3.81. The zero-order chi connectivity index (χ0) is 14.8. The van der Waals surface area contributed by atoms with Crippen LogP contribution in [0.4, 0.5) is 4.39 Å². The maximum atomic E-state index is 13.6. The first-order valence-electron chi connectivity index (χ1n) is 7.54. The molecule has 110 valence electrons. The van der Waals surface area contributed by atoms with Gasteiger partial charge in [-0.1, -0.05) is 13.3 Å². The van der Waals surface area contributed by atoms with Crippen LogP contribution in [0, 0.1) is 12.7 Å². The van der Waals surface area contributed by atoms with Crippen LogP contribution >= 0.6 is 0 Å². The number of benzene rings is 1. The molecule has 0 saturated heterocycles. The molecule has 1 aliphatic rings. The summed E-state index contributed by atoms with van der Waals surface area (Å²) in [5, 5.41) is 3.35. The van der Waals surface area contributed by atoms with Crippen LogP contribution in [0.3, 0.4) is 0 Å². The number of nitrogens with zero attached hydrogens (tertiary/aromatic N) is 2. The standard InChI is InChI=1S/C17H20FN3/c1-3-4-15-14-5-6-19-10-16(14)21-17(20-15)12-7-11(2)8-13(18)9-12/h7-9,19H,3-6,10H2,1-2H3. The molecule has 0 bridgehead atoms. The van der Waals surface area contributed by atoms with Gasteiger partial charge in [0.25, 0.3) is 0 Å². The van der Waals surface area contributed by atoms with Gasteiger partial charge in [-0.05, 0) is 55.6 Å². The second-order valence-corrected chi connectivity index (χ2v) is 5.61. The molecule has 2 heterocycles. The van der Waals surface area contributed by atoms with Gasteiger partial charge >= 0.3 is 0 Å². The lowest BCUT2D eigenvalue weighted by Crippen LogP contribution is -2.26. The van der Waals surface area contributed by atoms with Crippen LogP contribution in [-0.2, 0) is 19.4 Å². The van der Waals surface area contributed by atoms with E-state index in [9.17, 15) is 4.39 Å². The van der Waals surface area contributed by atoms with E-state index >= 15 is 0 Å². The number of rotatable bonds is 3. The summed E-state index contributed by atoms with van der Waals surface area (Å²) in [5.41, 5.74) is 5.13. The van der Waals surface area contributed by atoms with E-state index in [1.807, 2.05) is 13.0 Å². The lowest BCUT2D eigenvalue weighted by Gasteiger charge is -2.20. The number of nitrogens with one attached hydrogen (secondary N) is 1. The van der Waals surface area contributed by atoms with Crippen molar-refractivity contribution in [2.75, 3.05) is 6.54 Å². The Labute approximate surface area is 124 Å². The van der Waals surface area contributed by atoms with E-state index in [-0.39, 0.29) is 5.82 Å². The van der Waals surface area contributed by atoms with Gasteiger partial charge in [0.15, 0.2) is 5.82 Å². The molecule has 3 nitrogen and oxygen atoms in total. The molecule has 0 radical (unpaired) electrons. The molecule has 0 amide bonds. The van der Waals surface area contributed by atoms with Crippen molar-refractivity contribution in [3.63, 3.8) is 0 Å². The number of fused-ring (bicyclic) bond motifs is 1. The Balaban J connectivity index is 2.12. The molecule has 0 spiro atoms. The number of halogens is 1. The third-order valence-corrected chi connectivity index (χ3v) is 3.81. The maximum Gasteiger partial charge on any atom is 0.159 e. The van der Waals surface area contributed by atoms with Gasteiger partial charge in [-0.25, -0.2) is 14.4 Å². The summed E-state index contributed by atoms with van der Waals surface area (Å²) < 4.78 is 13.6. The monoisotopic (exact) mass is 285 g/mol. The fourth-order valence-corrected chi connectivity index (χ4v) is 2.88. The van der Waals surface area contributed by atoms with Gasteiger partial charge in [-0.15, -0.1) is 0 Å². The summed E-state index contributed by atoms with van der Waals surface area (Å²) in [4.78, 5) is 9.39. The zero-order valence-corrected chi connectivity index (χ0v) is 12.5. The molecule has 1 N–H and O–H groups in total. The summed E-state index contributed by atoms with van der Waals surface area (Å²) in [6.45, 7) is 5.79. The molecule has 1 aromatic heterocycles. The van der Waals surface area contributed by atoms with E-state index in [2.05, 4.69) is 17.2 Å². The summed E-state index contributed by atoms with van der Waals surface area (Å²) in [7, 11) is 0. The van der Waals surface area contributed by atoms with E-state index in [1.54, 1.807) is 0 Å². The first-order chi connectivity index (χ1) is 10.2. The van der Waals surface area contributed by atoms with Crippen molar-refractivity contribution < 1.29 is 4.39 Å². The zero-order valence-electron chi connectivity index (χ0n) is 12.5. The lowest BCUT2D eigenvalue weighted by atomic mass is 10.0. The van der Waals surface area contributed by atoms with Gasteiger partial charge in [0.1, 0.15) is 5.82 Å². The molecule has 21 heavy (non-hydrogen) atoms. The molecule has 0 atom stereocenters.